The Kier molecular flexibility index (Phi) is 2.28. The minimum atomic E-state index is -4.73. The lowest BCUT2D eigenvalue weighted by molar-refractivity contribution is -0.140. The molecule has 2 unspecified atom stereocenters. The fourth-order valence-electron chi connectivity index (χ4n) is 1.87. The van der Waals surface area contributed by atoms with Crippen LogP contribution in [0, 0.1) is 11.7 Å². The molecule has 0 heterocycles. The zero-order chi connectivity index (χ0) is 12.1. The van der Waals surface area contributed by atoms with Crippen molar-refractivity contribution >= 4 is 0 Å². The number of halogens is 4. The van der Waals surface area contributed by atoms with E-state index >= 15 is 0 Å². The van der Waals surface area contributed by atoms with Gasteiger partial charge < -0.3 is 5.11 Å². The van der Waals surface area contributed by atoms with Crippen molar-refractivity contribution in [1.82, 2.24) is 0 Å². The van der Waals surface area contributed by atoms with E-state index in [1.54, 1.807) is 6.92 Å². The largest absolute Gasteiger partial charge is 0.419 e. The smallest absolute Gasteiger partial charge is 0.385 e. The molecule has 2 atom stereocenters. The molecule has 1 aromatic rings. The normalized spacial score (nSPS) is 29.2. The van der Waals surface area contributed by atoms with Crippen LogP contribution >= 0.6 is 0 Å². The van der Waals surface area contributed by atoms with Crippen molar-refractivity contribution in [2.75, 3.05) is 0 Å². The van der Waals surface area contributed by atoms with Gasteiger partial charge in [-0.2, -0.15) is 13.2 Å². The second-order valence-electron chi connectivity index (χ2n) is 4.19. The van der Waals surface area contributed by atoms with Gasteiger partial charge in [-0.25, -0.2) is 4.39 Å². The lowest BCUT2D eigenvalue weighted by atomic mass is 10.0. The highest BCUT2D eigenvalue weighted by Crippen LogP contribution is 2.53. The Balaban J connectivity index is 2.50. The molecule has 0 saturated heterocycles. The van der Waals surface area contributed by atoms with Crippen LogP contribution in [-0.4, -0.2) is 5.11 Å². The summed E-state index contributed by atoms with van der Waals surface area (Å²) in [6, 6.07) is 2.99. The Morgan fingerprint density at radius 3 is 2.38 bits per heavy atom. The second kappa shape index (κ2) is 3.20. The maximum absolute atomic E-state index is 13.6. The molecule has 0 bridgehead atoms. The van der Waals surface area contributed by atoms with E-state index in [4.69, 9.17) is 0 Å². The fraction of sp³-hybridized carbons (Fsp3) is 0.455. The summed E-state index contributed by atoms with van der Waals surface area (Å²) in [5, 5.41) is 9.83. The van der Waals surface area contributed by atoms with Crippen molar-refractivity contribution in [3.05, 3.63) is 35.1 Å². The van der Waals surface area contributed by atoms with Crippen LogP contribution in [0.3, 0.4) is 0 Å². The summed E-state index contributed by atoms with van der Waals surface area (Å²) in [6.45, 7) is 1.67. The second-order valence-corrected chi connectivity index (χ2v) is 4.19. The van der Waals surface area contributed by atoms with Gasteiger partial charge in [-0.1, -0.05) is 19.1 Å². The van der Waals surface area contributed by atoms with Crippen molar-refractivity contribution in [2.45, 2.75) is 25.1 Å². The zero-order valence-corrected chi connectivity index (χ0v) is 8.48. The topological polar surface area (TPSA) is 20.2 Å². The number of aliphatic hydroxyl groups is 1. The Hall–Kier alpha value is -1.10. The van der Waals surface area contributed by atoms with Gasteiger partial charge in [0.25, 0.3) is 0 Å². The van der Waals surface area contributed by atoms with E-state index < -0.39 is 23.2 Å². The summed E-state index contributed by atoms with van der Waals surface area (Å²) in [7, 11) is 0. The summed E-state index contributed by atoms with van der Waals surface area (Å²) in [6.07, 6.45) is -4.43. The highest BCUT2D eigenvalue weighted by molar-refractivity contribution is 5.36. The van der Waals surface area contributed by atoms with Crippen LogP contribution in [0.1, 0.15) is 24.5 Å². The molecule has 1 saturated carbocycles. The van der Waals surface area contributed by atoms with E-state index in [1.165, 1.54) is 6.07 Å². The lowest BCUT2D eigenvalue weighted by Crippen LogP contribution is -2.15. The Labute approximate surface area is 89.7 Å². The maximum atomic E-state index is 13.6. The highest BCUT2D eigenvalue weighted by Gasteiger charge is 2.53. The molecule has 1 aliphatic rings. The van der Waals surface area contributed by atoms with E-state index in [0.717, 1.165) is 6.07 Å². The van der Waals surface area contributed by atoms with E-state index in [0.29, 0.717) is 12.5 Å². The van der Waals surface area contributed by atoms with Crippen LogP contribution in [0.25, 0.3) is 0 Å². The van der Waals surface area contributed by atoms with Crippen molar-refractivity contribution < 1.29 is 22.7 Å². The number of hydrogen-bond donors (Lipinski definition) is 1. The van der Waals surface area contributed by atoms with E-state index in [1.807, 2.05) is 0 Å². The number of benzene rings is 1. The molecule has 1 aromatic carbocycles. The molecule has 1 aliphatic carbocycles. The van der Waals surface area contributed by atoms with E-state index in [-0.39, 0.29) is 11.5 Å². The highest BCUT2D eigenvalue weighted by atomic mass is 19.4. The monoisotopic (exact) mass is 234 g/mol. The average Bonchev–Trinajstić information content (AvgIpc) is 2.73. The summed E-state index contributed by atoms with van der Waals surface area (Å²) < 4.78 is 50.8. The number of rotatable bonds is 1. The minimum absolute atomic E-state index is 0.203. The number of alkyl halides is 3. The summed E-state index contributed by atoms with van der Waals surface area (Å²) in [5.74, 6) is -1.56. The predicted octanol–water partition coefficient (Wildman–Crippen LogP) is 3.07. The first-order valence-electron chi connectivity index (χ1n) is 4.85. The van der Waals surface area contributed by atoms with Gasteiger partial charge in [0.1, 0.15) is 5.82 Å². The third-order valence-electron chi connectivity index (χ3n) is 3.04. The van der Waals surface area contributed by atoms with Gasteiger partial charge in [0, 0.05) is 5.56 Å². The van der Waals surface area contributed by atoms with E-state index in [9.17, 15) is 22.7 Å². The third kappa shape index (κ3) is 1.59. The van der Waals surface area contributed by atoms with Crippen LogP contribution in [0.4, 0.5) is 17.6 Å². The predicted molar refractivity (Wildman–Crippen MR) is 49.1 cm³/mol. The summed E-state index contributed by atoms with van der Waals surface area (Å²) >= 11 is 0. The van der Waals surface area contributed by atoms with Crippen LogP contribution in [0.5, 0.6) is 0 Å². The minimum Gasteiger partial charge on any atom is -0.385 e. The van der Waals surface area contributed by atoms with Gasteiger partial charge in [0.2, 0.25) is 0 Å². The molecule has 5 heteroatoms. The summed E-state index contributed by atoms with van der Waals surface area (Å²) in [4.78, 5) is 0. The van der Waals surface area contributed by atoms with Crippen LogP contribution < -0.4 is 0 Å². The first-order valence-corrected chi connectivity index (χ1v) is 4.85. The molecule has 16 heavy (non-hydrogen) atoms. The molecule has 88 valence electrons. The first-order chi connectivity index (χ1) is 7.27. The molecule has 0 amide bonds. The van der Waals surface area contributed by atoms with Gasteiger partial charge in [-0.3, -0.25) is 0 Å². The lowest BCUT2D eigenvalue weighted by Gasteiger charge is -2.15. The fourth-order valence-corrected chi connectivity index (χ4v) is 1.87. The van der Waals surface area contributed by atoms with E-state index in [2.05, 4.69) is 0 Å². The zero-order valence-electron chi connectivity index (χ0n) is 8.48. The SMILES string of the molecule is CC1CC1(O)c1cccc(C(F)(F)F)c1F. The van der Waals surface area contributed by atoms with Crippen LogP contribution in [0.2, 0.25) is 0 Å². The third-order valence-corrected chi connectivity index (χ3v) is 3.04. The number of hydrogen-bond acceptors (Lipinski definition) is 1. The van der Waals surface area contributed by atoms with Gasteiger partial charge in [-0.05, 0) is 18.4 Å². The maximum Gasteiger partial charge on any atom is 0.419 e. The molecule has 0 aromatic heterocycles. The molecule has 2 rings (SSSR count). The van der Waals surface area contributed by atoms with Gasteiger partial charge in [0.15, 0.2) is 0 Å². The molecule has 0 spiro atoms. The first kappa shape index (κ1) is 11.4. The standard InChI is InChI=1S/C11H10F4O/c1-6-5-10(6,16)7-3-2-4-8(9(7)12)11(13,14)15/h2-4,6,16H,5H2,1H3. The molecule has 0 radical (unpaired) electrons. The van der Waals surface area contributed by atoms with Gasteiger partial charge in [0.05, 0.1) is 11.2 Å². The molecule has 1 N–H and O–H groups in total. The Morgan fingerprint density at radius 1 is 1.38 bits per heavy atom. The van der Waals surface area contributed by atoms with Crippen molar-refractivity contribution in [3.63, 3.8) is 0 Å². The van der Waals surface area contributed by atoms with Crippen LogP contribution in [0.15, 0.2) is 18.2 Å². The van der Waals surface area contributed by atoms with Crippen molar-refractivity contribution in [3.8, 4) is 0 Å². The molecule has 1 nitrogen and oxygen atoms in total. The molecular weight excluding hydrogens is 224 g/mol. The average molecular weight is 234 g/mol. The van der Waals surface area contributed by atoms with Gasteiger partial charge >= 0.3 is 6.18 Å². The summed E-state index contributed by atoms with van der Waals surface area (Å²) in [5.41, 5.74) is -3.00. The quantitative estimate of drug-likeness (QED) is 0.740. The Bertz CT molecular complexity index is 426. The van der Waals surface area contributed by atoms with Gasteiger partial charge in [-0.15, -0.1) is 0 Å². The van der Waals surface area contributed by atoms with Crippen molar-refractivity contribution in [1.29, 1.82) is 0 Å². The Morgan fingerprint density at radius 2 is 1.94 bits per heavy atom. The molecular formula is C11H10F4O. The molecule has 0 aliphatic heterocycles. The van der Waals surface area contributed by atoms with Crippen LogP contribution in [-0.2, 0) is 11.8 Å². The van der Waals surface area contributed by atoms with Crippen molar-refractivity contribution in [2.24, 2.45) is 5.92 Å². The molecule has 1 fully saturated rings.